The summed E-state index contributed by atoms with van der Waals surface area (Å²) < 4.78 is 0. The fraction of sp³-hybridized carbons (Fsp3) is 0.647. The van der Waals surface area contributed by atoms with Gasteiger partial charge in [-0.3, -0.25) is 0 Å². The van der Waals surface area contributed by atoms with Crippen molar-refractivity contribution in [2.24, 2.45) is 0 Å². The minimum atomic E-state index is 0.618. The Labute approximate surface area is 113 Å². The largest absolute Gasteiger partial charge is 0.312 e. The van der Waals surface area contributed by atoms with Crippen LogP contribution < -0.4 is 5.32 Å². The van der Waals surface area contributed by atoms with Gasteiger partial charge in [-0.2, -0.15) is 0 Å². The molecule has 0 saturated carbocycles. The molecule has 0 aliphatic heterocycles. The smallest absolute Gasteiger partial charge is 0.00669 e. The van der Waals surface area contributed by atoms with E-state index in [9.17, 15) is 0 Å². The minimum absolute atomic E-state index is 0.618. The number of benzene rings is 1. The molecule has 1 N–H and O–H groups in total. The fourth-order valence-electron chi connectivity index (χ4n) is 2.37. The van der Waals surface area contributed by atoms with Crippen LogP contribution in [-0.2, 0) is 6.42 Å². The Kier molecular flexibility index (Phi) is 7.75. The number of aryl methyl sites for hydroxylation is 1. The average molecular weight is 247 g/mol. The molecule has 0 aliphatic rings. The second-order valence-electron chi connectivity index (χ2n) is 5.34. The second-order valence-corrected chi connectivity index (χ2v) is 5.34. The monoisotopic (exact) mass is 247 g/mol. The highest BCUT2D eigenvalue weighted by Gasteiger charge is 2.09. The van der Waals surface area contributed by atoms with Gasteiger partial charge >= 0.3 is 0 Å². The molecular formula is C17H29N. The molecule has 0 aliphatic carbocycles. The van der Waals surface area contributed by atoms with Gasteiger partial charge in [0.05, 0.1) is 0 Å². The Morgan fingerprint density at radius 1 is 1.06 bits per heavy atom. The molecular weight excluding hydrogens is 218 g/mol. The highest BCUT2D eigenvalue weighted by Crippen LogP contribution is 2.09. The molecule has 18 heavy (non-hydrogen) atoms. The van der Waals surface area contributed by atoms with Gasteiger partial charge in [0.25, 0.3) is 0 Å². The maximum Gasteiger partial charge on any atom is 0.00669 e. The molecule has 102 valence electrons. The molecule has 0 aromatic heterocycles. The third-order valence-electron chi connectivity index (χ3n) is 3.63. The lowest BCUT2D eigenvalue weighted by atomic mass is 10.0. The van der Waals surface area contributed by atoms with Crippen LogP contribution in [0.25, 0.3) is 0 Å². The van der Waals surface area contributed by atoms with Crippen molar-refractivity contribution in [1.29, 1.82) is 0 Å². The van der Waals surface area contributed by atoms with E-state index in [-0.39, 0.29) is 0 Å². The minimum Gasteiger partial charge on any atom is -0.312 e. The zero-order chi connectivity index (χ0) is 13.2. The third kappa shape index (κ3) is 6.20. The van der Waals surface area contributed by atoms with Crippen molar-refractivity contribution in [3.63, 3.8) is 0 Å². The summed E-state index contributed by atoms with van der Waals surface area (Å²) in [4.78, 5) is 0. The first-order valence-corrected chi connectivity index (χ1v) is 7.56. The summed E-state index contributed by atoms with van der Waals surface area (Å²) >= 11 is 0. The SMILES string of the molecule is CCCCC(CC)NC(C)CCc1ccccc1. The molecule has 0 bridgehead atoms. The number of hydrogen-bond acceptors (Lipinski definition) is 1. The Hall–Kier alpha value is -0.820. The molecule has 2 unspecified atom stereocenters. The maximum atomic E-state index is 3.77. The summed E-state index contributed by atoms with van der Waals surface area (Å²) in [6, 6.07) is 12.1. The van der Waals surface area contributed by atoms with Crippen molar-refractivity contribution in [2.45, 2.75) is 71.4 Å². The summed E-state index contributed by atoms with van der Waals surface area (Å²) in [5.41, 5.74) is 1.45. The standard InChI is InChI=1S/C17H29N/c1-4-6-12-17(5-2)18-15(3)13-14-16-10-8-7-9-11-16/h7-11,15,17-18H,4-6,12-14H2,1-3H3. The first-order valence-electron chi connectivity index (χ1n) is 7.56. The van der Waals surface area contributed by atoms with Crippen LogP contribution in [0.3, 0.4) is 0 Å². The van der Waals surface area contributed by atoms with Crippen LogP contribution in [0.5, 0.6) is 0 Å². The molecule has 0 saturated heterocycles. The summed E-state index contributed by atoms with van der Waals surface area (Å²) in [6.45, 7) is 6.88. The highest BCUT2D eigenvalue weighted by molar-refractivity contribution is 5.14. The predicted octanol–water partition coefficient (Wildman–Crippen LogP) is 4.57. The summed E-state index contributed by atoms with van der Waals surface area (Å²) in [6.07, 6.45) is 7.62. The van der Waals surface area contributed by atoms with E-state index in [1.165, 1.54) is 44.1 Å². The Bertz CT molecular complexity index is 294. The van der Waals surface area contributed by atoms with Crippen LogP contribution in [0, 0.1) is 0 Å². The van der Waals surface area contributed by atoms with Crippen LogP contribution in [0.1, 0.15) is 58.4 Å². The van der Waals surface area contributed by atoms with Crippen molar-refractivity contribution < 1.29 is 0 Å². The predicted molar refractivity (Wildman–Crippen MR) is 81.0 cm³/mol. The van der Waals surface area contributed by atoms with E-state index in [0.717, 1.165) is 0 Å². The maximum absolute atomic E-state index is 3.77. The van der Waals surface area contributed by atoms with Gasteiger partial charge < -0.3 is 5.32 Å². The topological polar surface area (TPSA) is 12.0 Å². The van der Waals surface area contributed by atoms with Crippen LogP contribution >= 0.6 is 0 Å². The Balaban J connectivity index is 2.25. The van der Waals surface area contributed by atoms with Gasteiger partial charge in [0.2, 0.25) is 0 Å². The third-order valence-corrected chi connectivity index (χ3v) is 3.63. The van der Waals surface area contributed by atoms with E-state index < -0.39 is 0 Å². The highest BCUT2D eigenvalue weighted by atomic mass is 14.9. The van der Waals surface area contributed by atoms with Gasteiger partial charge in [-0.05, 0) is 38.2 Å². The van der Waals surface area contributed by atoms with E-state index in [1.54, 1.807) is 0 Å². The lowest BCUT2D eigenvalue weighted by Gasteiger charge is -2.22. The molecule has 0 spiro atoms. The van der Waals surface area contributed by atoms with Crippen LogP contribution in [0.2, 0.25) is 0 Å². The van der Waals surface area contributed by atoms with Crippen molar-refractivity contribution >= 4 is 0 Å². The molecule has 1 heteroatoms. The number of nitrogens with one attached hydrogen (secondary N) is 1. The molecule has 1 aromatic rings. The number of hydrogen-bond donors (Lipinski definition) is 1. The summed E-state index contributed by atoms with van der Waals surface area (Å²) in [7, 11) is 0. The van der Waals surface area contributed by atoms with Crippen LogP contribution in [0.15, 0.2) is 30.3 Å². The van der Waals surface area contributed by atoms with Gasteiger partial charge in [-0.1, -0.05) is 57.0 Å². The van der Waals surface area contributed by atoms with Gasteiger partial charge in [0.15, 0.2) is 0 Å². The van der Waals surface area contributed by atoms with E-state index in [4.69, 9.17) is 0 Å². The molecule has 1 rings (SSSR count). The van der Waals surface area contributed by atoms with Gasteiger partial charge in [-0.15, -0.1) is 0 Å². The van der Waals surface area contributed by atoms with E-state index in [1.807, 2.05) is 0 Å². The normalized spacial score (nSPS) is 14.4. The Morgan fingerprint density at radius 2 is 1.78 bits per heavy atom. The zero-order valence-corrected chi connectivity index (χ0v) is 12.3. The average Bonchev–Trinajstić information content (AvgIpc) is 2.42. The number of unbranched alkanes of at least 4 members (excludes halogenated alkanes) is 1. The summed E-state index contributed by atoms with van der Waals surface area (Å²) in [5, 5.41) is 3.77. The molecule has 0 fully saturated rings. The summed E-state index contributed by atoms with van der Waals surface area (Å²) in [5.74, 6) is 0. The van der Waals surface area contributed by atoms with Crippen molar-refractivity contribution in [3.05, 3.63) is 35.9 Å². The first-order chi connectivity index (χ1) is 8.76. The zero-order valence-electron chi connectivity index (χ0n) is 12.3. The van der Waals surface area contributed by atoms with Crippen LogP contribution in [0.4, 0.5) is 0 Å². The van der Waals surface area contributed by atoms with Crippen molar-refractivity contribution in [1.82, 2.24) is 5.32 Å². The quantitative estimate of drug-likeness (QED) is 0.674. The van der Waals surface area contributed by atoms with Gasteiger partial charge in [0, 0.05) is 12.1 Å². The number of rotatable bonds is 9. The van der Waals surface area contributed by atoms with Gasteiger partial charge in [0.1, 0.15) is 0 Å². The second kappa shape index (κ2) is 9.16. The molecule has 2 atom stereocenters. The fourth-order valence-corrected chi connectivity index (χ4v) is 2.37. The van der Waals surface area contributed by atoms with E-state index >= 15 is 0 Å². The van der Waals surface area contributed by atoms with Crippen molar-refractivity contribution in [3.8, 4) is 0 Å². The molecule has 1 nitrogen and oxygen atoms in total. The molecule has 0 heterocycles. The lowest BCUT2D eigenvalue weighted by Crippen LogP contribution is -2.36. The first kappa shape index (κ1) is 15.2. The van der Waals surface area contributed by atoms with Crippen LogP contribution in [-0.4, -0.2) is 12.1 Å². The van der Waals surface area contributed by atoms with Gasteiger partial charge in [-0.25, -0.2) is 0 Å². The Morgan fingerprint density at radius 3 is 2.39 bits per heavy atom. The molecule has 0 amide bonds. The van der Waals surface area contributed by atoms with E-state index in [0.29, 0.717) is 12.1 Å². The van der Waals surface area contributed by atoms with E-state index in [2.05, 4.69) is 56.4 Å². The molecule has 1 aromatic carbocycles. The lowest BCUT2D eigenvalue weighted by molar-refractivity contribution is 0.391. The van der Waals surface area contributed by atoms with Crippen molar-refractivity contribution in [2.75, 3.05) is 0 Å². The molecule has 0 radical (unpaired) electrons.